The van der Waals surface area contributed by atoms with Gasteiger partial charge in [-0.2, -0.15) is 0 Å². The minimum absolute atomic E-state index is 0.0372. The van der Waals surface area contributed by atoms with E-state index in [9.17, 15) is 9.59 Å². The van der Waals surface area contributed by atoms with E-state index < -0.39 is 6.09 Å². The van der Waals surface area contributed by atoms with Crippen LogP contribution in [0.2, 0.25) is 0 Å². The third kappa shape index (κ3) is 5.78. The molecule has 0 spiro atoms. The second kappa shape index (κ2) is 8.65. The van der Waals surface area contributed by atoms with Crippen LogP contribution in [0.3, 0.4) is 0 Å². The monoisotopic (exact) mass is 359 g/mol. The summed E-state index contributed by atoms with van der Waals surface area (Å²) in [6, 6.07) is 14.3. The maximum Gasteiger partial charge on any atom is 0.413 e. The van der Waals surface area contributed by atoms with Crippen LogP contribution in [-0.4, -0.2) is 24.2 Å². The van der Waals surface area contributed by atoms with Crippen LogP contribution < -0.4 is 20.7 Å². The number of para-hydroxylation sites is 1. The number of amides is 2. The Morgan fingerprint density at radius 1 is 0.960 bits per heavy atom. The molecule has 0 aliphatic rings. The van der Waals surface area contributed by atoms with E-state index in [2.05, 4.69) is 20.7 Å². The Morgan fingerprint density at radius 3 is 2.32 bits per heavy atom. The highest BCUT2D eigenvalue weighted by atomic mass is 32.1. The van der Waals surface area contributed by atoms with Gasteiger partial charge in [-0.1, -0.05) is 18.2 Å². The van der Waals surface area contributed by atoms with Crippen molar-refractivity contribution in [2.75, 3.05) is 17.7 Å². The molecule has 0 saturated carbocycles. The van der Waals surface area contributed by atoms with E-state index in [1.165, 1.54) is 14.0 Å². The molecule has 2 rings (SSSR count). The lowest BCUT2D eigenvalue weighted by atomic mass is 10.2. The summed E-state index contributed by atoms with van der Waals surface area (Å²) < 4.78 is 10.2. The zero-order valence-corrected chi connectivity index (χ0v) is 14.5. The van der Waals surface area contributed by atoms with E-state index in [0.29, 0.717) is 22.9 Å². The van der Waals surface area contributed by atoms with Gasteiger partial charge in [-0.25, -0.2) is 4.79 Å². The van der Waals surface area contributed by atoms with Gasteiger partial charge in [0.05, 0.1) is 18.5 Å². The molecule has 2 aromatic carbocycles. The second-order valence-electron chi connectivity index (χ2n) is 4.87. The fraction of sp³-hybridized carbons (Fsp3) is 0.118. The van der Waals surface area contributed by atoms with Crippen LogP contribution >= 0.6 is 12.2 Å². The highest BCUT2D eigenvalue weighted by Crippen LogP contribution is 2.30. The van der Waals surface area contributed by atoms with Gasteiger partial charge in [-0.15, -0.1) is 0 Å². The van der Waals surface area contributed by atoms with Crippen LogP contribution in [0.15, 0.2) is 48.5 Å². The molecule has 0 aromatic heterocycles. The molecule has 0 bridgehead atoms. The number of carbonyl (C=O) groups excluding carboxylic acids is 2. The minimum Gasteiger partial charge on any atom is -0.457 e. The predicted octanol–water partition coefficient (Wildman–Crippen LogP) is 3.49. The first-order chi connectivity index (χ1) is 12.0. The highest BCUT2D eigenvalue weighted by molar-refractivity contribution is 7.80. The van der Waals surface area contributed by atoms with Crippen molar-refractivity contribution in [1.82, 2.24) is 5.32 Å². The van der Waals surface area contributed by atoms with Gasteiger partial charge >= 0.3 is 6.09 Å². The number of hydrogen-bond acceptors (Lipinski definition) is 5. The van der Waals surface area contributed by atoms with Crippen molar-refractivity contribution in [2.45, 2.75) is 6.92 Å². The number of rotatable bonds is 4. The van der Waals surface area contributed by atoms with Gasteiger partial charge in [0, 0.05) is 13.0 Å². The normalized spacial score (nSPS) is 9.68. The fourth-order valence-electron chi connectivity index (χ4n) is 1.91. The number of carbonyl (C=O) groups is 2. The van der Waals surface area contributed by atoms with Crippen molar-refractivity contribution in [2.24, 2.45) is 0 Å². The molecule has 25 heavy (non-hydrogen) atoms. The molecule has 2 amide bonds. The number of thiocarbonyl (C=S) groups is 1. The lowest BCUT2D eigenvalue weighted by molar-refractivity contribution is -0.114. The number of benzene rings is 2. The summed E-state index contributed by atoms with van der Waals surface area (Å²) >= 11 is 5.02. The van der Waals surface area contributed by atoms with Crippen molar-refractivity contribution in [1.29, 1.82) is 0 Å². The number of methoxy groups -OCH3 is 1. The average molecular weight is 359 g/mol. The number of nitrogens with one attached hydrogen (secondary N) is 3. The van der Waals surface area contributed by atoms with Crippen molar-refractivity contribution in [3.63, 3.8) is 0 Å². The Labute approximate surface area is 150 Å². The lowest BCUT2D eigenvalue weighted by Crippen LogP contribution is -2.34. The number of alkyl carbamates (subject to hydrolysis) is 1. The molecule has 130 valence electrons. The third-order valence-corrected chi connectivity index (χ3v) is 3.13. The SMILES string of the molecule is COC(=O)NC(=S)Nc1ccc(Oc2ccccc2)cc1NC(C)=O. The molecule has 3 N–H and O–H groups in total. The molecule has 0 aliphatic carbocycles. The van der Waals surface area contributed by atoms with Gasteiger partial charge in [0.2, 0.25) is 5.91 Å². The number of anilines is 2. The van der Waals surface area contributed by atoms with E-state index >= 15 is 0 Å². The zero-order chi connectivity index (χ0) is 18.2. The molecule has 2 aromatic rings. The van der Waals surface area contributed by atoms with Crippen LogP contribution in [0.1, 0.15) is 6.92 Å². The van der Waals surface area contributed by atoms with Crippen LogP contribution in [-0.2, 0) is 9.53 Å². The summed E-state index contributed by atoms with van der Waals surface area (Å²) in [5.41, 5.74) is 0.951. The van der Waals surface area contributed by atoms with Crippen LogP contribution in [0.25, 0.3) is 0 Å². The van der Waals surface area contributed by atoms with Crippen molar-refractivity contribution < 1.29 is 19.1 Å². The van der Waals surface area contributed by atoms with E-state index in [4.69, 9.17) is 17.0 Å². The third-order valence-electron chi connectivity index (χ3n) is 2.93. The number of ether oxygens (including phenoxy) is 2. The maximum absolute atomic E-state index is 11.4. The Kier molecular flexibility index (Phi) is 6.30. The molecular formula is C17H17N3O4S. The van der Waals surface area contributed by atoms with E-state index in [1.807, 2.05) is 30.3 Å². The molecular weight excluding hydrogens is 342 g/mol. The summed E-state index contributed by atoms with van der Waals surface area (Å²) in [4.78, 5) is 22.6. The Morgan fingerprint density at radius 2 is 1.68 bits per heavy atom. The summed E-state index contributed by atoms with van der Waals surface area (Å²) in [7, 11) is 1.23. The van der Waals surface area contributed by atoms with Crippen LogP contribution in [0.5, 0.6) is 11.5 Å². The van der Waals surface area contributed by atoms with E-state index in [1.54, 1.807) is 18.2 Å². The van der Waals surface area contributed by atoms with E-state index in [0.717, 1.165) is 0 Å². The summed E-state index contributed by atoms with van der Waals surface area (Å²) in [6.07, 6.45) is -0.692. The van der Waals surface area contributed by atoms with Gasteiger partial charge in [0.25, 0.3) is 0 Å². The van der Waals surface area contributed by atoms with Gasteiger partial charge in [0.15, 0.2) is 5.11 Å². The molecule has 0 radical (unpaired) electrons. The summed E-state index contributed by atoms with van der Waals surface area (Å²) in [5, 5.41) is 7.87. The average Bonchev–Trinajstić information content (AvgIpc) is 2.57. The molecule has 8 heteroatoms. The fourth-order valence-corrected chi connectivity index (χ4v) is 2.10. The molecule has 0 saturated heterocycles. The quantitative estimate of drug-likeness (QED) is 0.724. The number of hydrogen-bond donors (Lipinski definition) is 3. The standard InChI is InChI=1S/C17H17N3O4S/c1-11(21)18-15-10-13(24-12-6-4-3-5-7-12)8-9-14(15)19-16(25)20-17(22)23-2/h3-10H,1-2H3,(H,18,21)(H2,19,20,22,25). The van der Waals surface area contributed by atoms with Crippen LogP contribution in [0.4, 0.5) is 16.2 Å². The molecule has 0 aliphatic heterocycles. The summed E-state index contributed by atoms with van der Waals surface area (Å²) in [6.45, 7) is 1.39. The minimum atomic E-state index is -0.692. The van der Waals surface area contributed by atoms with Gasteiger partial charge < -0.3 is 20.1 Å². The van der Waals surface area contributed by atoms with Crippen molar-refractivity contribution in [3.05, 3.63) is 48.5 Å². The maximum atomic E-state index is 11.4. The second-order valence-corrected chi connectivity index (χ2v) is 5.28. The van der Waals surface area contributed by atoms with Crippen LogP contribution in [0, 0.1) is 0 Å². The first-order valence-electron chi connectivity index (χ1n) is 7.28. The Hall–Kier alpha value is -3.13. The molecule has 0 atom stereocenters. The topological polar surface area (TPSA) is 88.7 Å². The highest BCUT2D eigenvalue weighted by Gasteiger charge is 2.10. The Balaban J connectivity index is 2.19. The molecule has 0 fully saturated rings. The first-order valence-corrected chi connectivity index (χ1v) is 7.69. The van der Waals surface area contributed by atoms with Gasteiger partial charge in [-0.3, -0.25) is 10.1 Å². The van der Waals surface area contributed by atoms with Gasteiger partial charge in [0.1, 0.15) is 11.5 Å². The van der Waals surface area contributed by atoms with Crippen molar-refractivity contribution >= 4 is 40.7 Å². The van der Waals surface area contributed by atoms with Gasteiger partial charge in [-0.05, 0) is 36.5 Å². The summed E-state index contributed by atoms with van der Waals surface area (Å²) in [5.74, 6) is 0.943. The van der Waals surface area contributed by atoms with E-state index in [-0.39, 0.29) is 11.0 Å². The predicted molar refractivity (Wildman–Crippen MR) is 99.0 cm³/mol. The zero-order valence-electron chi connectivity index (χ0n) is 13.7. The largest absolute Gasteiger partial charge is 0.457 e. The smallest absolute Gasteiger partial charge is 0.413 e. The Bertz CT molecular complexity index is 781. The van der Waals surface area contributed by atoms with Crippen molar-refractivity contribution in [3.8, 4) is 11.5 Å². The molecule has 0 unspecified atom stereocenters. The molecule has 0 heterocycles. The lowest BCUT2D eigenvalue weighted by Gasteiger charge is -2.15. The molecule has 7 nitrogen and oxygen atoms in total. The first kappa shape index (κ1) is 18.2.